The van der Waals surface area contributed by atoms with Crippen LogP contribution in [0.1, 0.15) is 50.3 Å². The summed E-state index contributed by atoms with van der Waals surface area (Å²) in [6.07, 6.45) is -1.53. The first-order valence-electron chi connectivity index (χ1n) is 14.1. The van der Waals surface area contributed by atoms with E-state index >= 15 is 0 Å². The molecule has 1 fully saturated rings. The normalized spacial score (nSPS) is 14.2. The van der Waals surface area contributed by atoms with Gasteiger partial charge in [-0.1, -0.05) is 27.2 Å². The molecular formula is C28H39F4N9. The third-order valence-electron chi connectivity index (χ3n) is 7.64. The smallest absolute Gasteiger partial charge is 0.384 e. The van der Waals surface area contributed by atoms with Crippen molar-refractivity contribution in [2.24, 2.45) is 5.73 Å². The molecule has 0 unspecified atom stereocenters. The SMILES string of the molecule is CCCCN(CCN)c1nc(N2CC(N(CC)CC)C2)nc2c(CF)c(-c3nc(N)cc(C)c3C(F)(F)F)ncc12. The molecule has 0 saturated carbocycles. The van der Waals surface area contributed by atoms with Gasteiger partial charge in [0.2, 0.25) is 5.95 Å². The van der Waals surface area contributed by atoms with E-state index in [4.69, 9.17) is 21.4 Å². The third kappa shape index (κ3) is 6.15. The summed E-state index contributed by atoms with van der Waals surface area (Å²) in [4.78, 5) is 24.3. The molecule has 3 aromatic heterocycles. The van der Waals surface area contributed by atoms with Gasteiger partial charge in [-0.15, -0.1) is 0 Å². The summed E-state index contributed by atoms with van der Waals surface area (Å²) in [5, 5.41) is 0.449. The second-order valence-electron chi connectivity index (χ2n) is 10.3. The minimum atomic E-state index is -4.75. The molecule has 9 nitrogen and oxygen atoms in total. The Hall–Kier alpha value is -3.32. The topological polar surface area (TPSA) is 113 Å². The molecule has 1 saturated heterocycles. The van der Waals surface area contributed by atoms with Crippen LogP contribution in [0.15, 0.2) is 12.3 Å². The average molecular weight is 578 g/mol. The Labute approximate surface area is 238 Å². The van der Waals surface area contributed by atoms with Crippen LogP contribution in [0.5, 0.6) is 0 Å². The van der Waals surface area contributed by atoms with E-state index in [1.807, 2.05) is 9.80 Å². The van der Waals surface area contributed by atoms with E-state index in [0.29, 0.717) is 55.9 Å². The number of halogens is 4. The van der Waals surface area contributed by atoms with Gasteiger partial charge in [0.1, 0.15) is 24.0 Å². The minimum Gasteiger partial charge on any atom is -0.384 e. The summed E-state index contributed by atoms with van der Waals surface area (Å²) in [6.45, 7) is 11.2. The molecule has 0 amide bonds. The molecule has 13 heteroatoms. The van der Waals surface area contributed by atoms with E-state index in [0.717, 1.165) is 32.0 Å². The van der Waals surface area contributed by atoms with Crippen LogP contribution in [0.25, 0.3) is 22.3 Å². The molecule has 1 aliphatic rings. The molecule has 4 rings (SSSR count). The largest absolute Gasteiger partial charge is 0.418 e. The number of pyridine rings is 2. The summed E-state index contributed by atoms with van der Waals surface area (Å²) in [7, 11) is 0. The second kappa shape index (κ2) is 12.7. The number of rotatable bonds is 12. The number of aromatic nitrogens is 4. The first-order valence-corrected chi connectivity index (χ1v) is 14.1. The van der Waals surface area contributed by atoms with Crippen molar-refractivity contribution < 1.29 is 17.6 Å². The van der Waals surface area contributed by atoms with Gasteiger partial charge in [0, 0.05) is 50.5 Å². The van der Waals surface area contributed by atoms with E-state index < -0.39 is 24.1 Å². The number of alkyl halides is 4. The molecule has 4 heterocycles. The predicted molar refractivity (Wildman–Crippen MR) is 155 cm³/mol. The number of hydrogen-bond acceptors (Lipinski definition) is 9. The van der Waals surface area contributed by atoms with E-state index in [1.54, 1.807) is 0 Å². The predicted octanol–water partition coefficient (Wildman–Crippen LogP) is 4.56. The number of nitrogens with two attached hydrogens (primary N) is 2. The van der Waals surface area contributed by atoms with Gasteiger partial charge in [-0.05, 0) is 38.1 Å². The minimum absolute atomic E-state index is 0.0839. The van der Waals surface area contributed by atoms with Crippen molar-refractivity contribution in [3.63, 3.8) is 0 Å². The fourth-order valence-corrected chi connectivity index (χ4v) is 5.47. The maximum Gasteiger partial charge on any atom is 0.418 e. The lowest BCUT2D eigenvalue weighted by atomic mass is 10.00. The van der Waals surface area contributed by atoms with Gasteiger partial charge in [-0.2, -0.15) is 18.2 Å². The Morgan fingerprint density at radius 2 is 1.76 bits per heavy atom. The number of hydrogen-bond donors (Lipinski definition) is 2. The van der Waals surface area contributed by atoms with Crippen LogP contribution in [0.4, 0.5) is 35.1 Å². The molecule has 0 spiro atoms. The van der Waals surface area contributed by atoms with Crippen LogP contribution in [-0.2, 0) is 12.9 Å². The van der Waals surface area contributed by atoms with Crippen LogP contribution >= 0.6 is 0 Å². The molecule has 224 valence electrons. The van der Waals surface area contributed by atoms with Crippen molar-refractivity contribution >= 4 is 28.5 Å². The van der Waals surface area contributed by atoms with Crippen LogP contribution < -0.4 is 21.3 Å². The lowest BCUT2D eigenvalue weighted by molar-refractivity contribution is -0.137. The highest BCUT2D eigenvalue weighted by Gasteiger charge is 2.38. The van der Waals surface area contributed by atoms with Gasteiger partial charge < -0.3 is 21.3 Å². The first kappa shape index (κ1) is 30.6. The van der Waals surface area contributed by atoms with Gasteiger partial charge in [-0.25, -0.2) is 14.4 Å². The van der Waals surface area contributed by atoms with Crippen molar-refractivity contribution in [1.29, 1.82) is 0 Å². The van der Waals surface area contributed by atoms with E-state index in [1.165, 1.54) is 13.1 Å². The maximum absolute atomic E-state index is 14.9. The number of aryl methyl sites for hydroxylation is 1. The zero-order chi connectivity index (χ0) is 29.9. The highest BCUT2D eigenvalue weighted by atomic mass is 19.4. The maximum atomic E-state index is 14.9. The molecule has 0 atom stereocenters. The lowest BCUT2D eigenvalue weighted by Crippen LogP contribution is -2.60. The number of likely N-dealkylation sites (N-methyl/N-ethyl adjacent to an activating group) is 1. The van der Waals surface area contributed by atoms with Gasteiger partial charge in [0.15, 0.2) is 0 Å². The quantitative estimate of drug-likeness (QED) is 0.299. The van der Waals surface area contributed by atoms with E-state index in [9.17, 15) is 17.6 Å². The highest BCUT2D eigenvalue weighted by molar-refractivity contribution is 5.95. The second-order valence-corrected chi connectivity index (χ2v) is 10.3. The Bertz CT molecular complexity index is 1350. The molecule has 3 aromatic rings. The van der Waals surface area contributed by atoms with Gasteiger partial charge in [0.05, 0.1) is 22.2 Å². The summed E-state index contributed by atoms with van der Waals surface area (Å²) < 4.78 is 57.4. The van der Waals surface area contributed by atoms with Gasteiger partial charge in [-0.3, -0.25) is 9.88 Å². The fraction of sp³-hybridized carbons (Fsp3) is 0.571. The molecule has 0 radical (unpaired) electrons. The summed E-state index contributed by atoms with van der Waals surface area (Å²) >= 11 is 0. The number of nitrogen functional groups attached to an aromatic ring is 1. The summed E-state index contributed by atoms with van der Waals surface area (Å²) in [6, 6.07) is 1.48. The van der Waals surface area contributed by atoms with Crippen molar-refractivity contribution in [3.8, 4) is 11.4 Å². The molecular weight excluding hydrogens is 538 g/mol. The number of nitrogens with zero attached hydrogens (tertiary/aromatic N) is 7. The van der Waals surface area contributed by atoms with E-state index in [-0.39, 0.29) is 28.2 Å². The fourth-order valence-electron chi connectivity index (χ4n) is 5.47. The molecule has 1 aliphatic heterocycles. The van der Waals surface area contributed by atoms with Crippen LogP contribution in [0.3, 0.4) is 0 Å². The van der Waals surface area contributed by atoms with Crippen LogP contribution in [-0.4, -0.2) is 76.7 Å². The zero-order valence-electron chi connectivity index (χ0n) is 24.1. The Balaban J connectivity index is 1.95. The highest BCUT2D eigenvalue weighted by Crippen LogP contribution is 2.41. The third-order valence-corrected chi connectivity index (χ3v) is 7.64. The molecule has 0 aromatic carbocycles. The average Bonchev–Trinajstić information content (AvgIpc) is 2.90. The van der Waals surface area contributed by atoms with Crippen LogP contribution in [0.2, 0.25) is 0 Å². The number of anilines is 3. The monoisotopic (exact) mass is 577 g/mol. The molecule has 0 aliphatic carbocycles. The van der Waals surface area contributed by atoms with Gasteiger partial charge >= 0.3 is 6.18 Å². The Morgan fingerprint density at radius 3 is 2.34 bits per heavy atom. The Kier molecular flexibility index (Phi) is 9.48. The summed E-state index contributed by atoms with van der Waals surface area (Å²) in [5.74, 6) is 0.823. The first-order chi connectivity index (χ1) is 19.6. The number of fused-ring (bicyclic) bond motifs is 1. The van der Waals surface area contributed by atoms with Crippen LogP contribution in [0, 0.1) is 6.92 Å². The van der Waals surface area contributed by atoms with E-state index in [2.05, 4.69) is 35.6 Å². The van der Waals surface area contributed by atoms with Crippen molar-refractivity contribution in [3.05, 3.63) is 29.0 Å². The van der Waals surface area contributed by atoms with Crippen molar-refractivity contribution in [2.75, 3.05) is 61.3 Å². The molecule has 41 heavy (non-hydrogen) atoms. The summed E-state index contributed by atoms with van der Waals surface area (Å²) in [5.41, 5.74) is 10.0. The molecule has 4 N–H and O–H groups in total. The molecule has 0 bridgehead atoms. The zero-order valence-corrected chi connectivity index (χ0v) is 24.1. The lowest BCUT2D eigenvalue weighted by Gasteiger charge is -2.45. The Morgan fingerprint density at radius 1 is 1.05 bits per heavy atom. The van der Waals surface area contributed by atoms with Crippen molar-refractivity contribution in [1.82, 2.24) is 24.8 Å². The van der Waals surface area contributed by atoms with Crippen molar-refractivity contribution in [2.45, 2.75) is 59.4 Å². The number of unbranched alkanes of at least 4 members (excludes halogenated alkanes) is 1. The standard InChI is InChI=1S/C28H39F4N9/c1-5-8-10-40(11-9-33)26-20-14-35-24(25-22(28(30,31)32)17(4)12-21(34)36-25)19(13-29)23(20)37-27(38-26)41-15-18(16-41)39(6-2)7-3/h12,14,18H,5-11,13,15-16,33H2,1-4H3,(H2,34,36). The van der Waals surface area contributed by atoms with Gasteiger partial charge in [0.25, 0.3) is 0 Å².